The van der Waals surface area contributed by atoms with E-state index in [1.165, 1.54) is 0 Å². The molecule has 0 radical (unpaired) electrons. The van der Waals surface area contributed by atoms with Gasteiger partial charge in [0.15, 0.2) is 0 Å². The molecule has 44 heavy (non-hydrogen) atoms. The average molecular weight is 699 g/mol. The largest absolute Gasteiger partial charge is 0.445 e. The van der Waals surface area contributed by atoms with Crippen molar-refractivity contribution in [2.24, 2.45) is 0 Å². The zero-order chi connectivity index (χ0) is 31.4. The van der Waals surface area contributed by atoms with Crippen LogP contribution in [0.15, 0.2) is 30.3 Å². The molecule has 256 valence electrons. The van der Waals surface area contributed by atoms with Crippen molar-refractivity contribution in [3.05, 3.63) is 35.9 Å². The van der Waals surface area contributed by atoms with E-state index in [9.17, 15) is 4.79 Å². The number of alkyl halides is 1. The number of rotatable bonds is 34. The normalized spacial score (nSPS) is 11.2. The van der Waals surface area contributed by atoms with Gasteiger partial charge in [-0.3, -0.25) is 0 Å². The third-order valence-corrected chi connectivity index (χ3v) is 5.62. The fourth-order valence-corrected chi connectivity index (χ4v) is 3.36. The highest BCUT2D eigenvalue weighted by atomic mass is 79.9. The van der Waals surface area contributed by atoms with Gasteiger partial charge in [0.2, 0.25) is 0 Å². The molecule has 0 fully saturated rings. The Kier molecular flexibility index (Phi) is 31.8. The Morgan fingerprint density at radius 2 is 0.795 bits per heavy atom. The van der Waals surface area contributed by atoms with Crippen LogP contribution in [-0.2, 0) is 58.7 Å². The number of carbonyl (C=O) groups excluding carboxylic acids is 1. The van der Waals surface area contributed by atoms with Crippen LogP contribution in [0.4, 0.5) is 4.79 Å². The highest BCUT2D eigenvalue weighted by Gasteiger charge is 2.02. The van der Waals surface area contributed by atoms with E-state index in [1.54, 1.807) is 0 Å². The molecule has 1 amide bonds. The lowest BCUT2D eigenvalue weighted by molar-refractivity contribution is -0.0262. The van der Waals surface area contributed by atoms with Gasteiger partial charge in [-0.25, -0.2) is 4.79 Å². The summed E-state index contributed by atoms with van der Waals surface area (Å²) in [6.45, 7) is 10.8. The highest BCUT2D eigenvalue weighted by Crippen LogP contribution is 2.00. The Hall–Kier alpha value is -1.43. The van der Waals surface area contributed by atoms with Crippen LogP contribution in [0.25, 0.3) is 0 Å². The molecule has 1 N–H and O–H groups in total. The Morgan fingerprint density at radius 1 is 0.477 bits per heavy atom. The molecule has 0 aliphatic heterocycles. The van der Waals surface area contributed by atoms with Gasteiger partial charge < -0.3 is 57.4 Å². The summed E-state index contributed by atoms with van der Waals surface area (Å²) in [5.74, 6) is 0. The maximum absolute atomic E-state index is 11.6. The van der Waals surface area contributed by atoms with Crippen molar-refractivity contribution in [1.82, 2.24) is 5.32 Å². The molecule has 0 aromatic heterocycles. The first-order valence-corrected chi connectivity index (χ1v) is 16.2. The Balaban J connectivity index is 1.64. The minimum Gasteiger partial charge on any atom is -0.445 e. The van der Waals surface area contributed by atoms with Crippen molar-refractivity contribution in [3.63, 3.8) is 0 Å². The number of halogens is 1. The van der Waals surface area contributed by atoms with Gasteiger partial charge in [-0.1, -0.05) is 46.3 Å². The Bertz CT molecular complexity index is 723. The predicted molar refractivity (Wildman–Crippen MR) is 167 cm³/mol. The third kappa shape index (κ3) is 30.6. The van der Waals surface area contributed by atoms with Gasteiger partial charge in [-0.2, -0.15) is 0 Å². The second-order valence-corrected chi connectivity index (χ2v) is 9.59. The quantitative estimate of drug-likeness (QED) is 0.0839. The van der Waals surface area contributed by atoms with Crippen molar-refractivity contribution in [3.8, 4) is 0 Å². The van der Waals surface area contributed by atoms with Crippen LogP contribution in [0.3, 0.4) is 0 Å². The minimum atomic E-state index is -0.468. The molecule has 0 saturated heterocycles. The third-order valence-electron chi connectivity index (χ3n) is 5.30. The van der Waals surface area contributed by atoms with Crippen LogP contribution >= 0.6 is 15.9 Å². The van der Waals surface area contributed by atoms with Gasteiger partial charge in [0, 0.05) is 11.9 Å². The van der Waals surface area contributed by atoms with Crippen molar-refractivity contribution in [2.75, 3.05) is 144 Å². The maximum atomic E-state index is 11.6. The summed E-state index contributed by atoms with van der Waals surface area (Å²) >= 11 is 3.30. The van der Waals surface area contributed by atoms with Crippen LogP contribution in [0.1, 0.15) is 5.56 Å². The van der Waals surface area contributed by atoms with E-state index in [4.69, 9.17) is 52.1 Å². The summed E-state index contributed by atoms with van der Waals surface area (Å²) in [5, 5.41) is 3.48. The number of nitrogens with one attached hydrogen (secondary N) is 1. The fourth-order valence-electron chi connectivity index (χ4n) is 3.14. The van der Waals surface area contributed by atoms with Crippen LogP contribution in [0, 0.1) is 0 Å². The summed E-state index contributed by atoms with van der Waals surface area (Å²) in [4.78, 5) is 11.6. The summed E-state index contributed by atoms with van der Waals surface area (Å²) in [6, 6.07) is 9.51. The van der Waals surface area contributed by atoms with Crippen molar-refractivity contribution in [1.29, 1.82) is 0 Å². The molecule has 0 saturated carbocycles. The first-order chi connectivity index (χ1) is 21.8. The minimum absolute atomic E-state index is 0.239. The lowest BCUT2D eigenvalue weighted by Crippen LogP contribution is -2.28. The molecule has 1 aromatic carbocycles. The molecule has 13 nitrogen and oxygen atoms in total. The molecular weight excluding hydrogens is 646 g/mol. The molecule has 0 heterocycles. The summed E-state index contributed by atoms with van der Waals surface area (Å²) < 4.78 is 59.4. The number of carbonyl (C=O) groups is 1. The molecule has 1 aromatic rings. The van der Waals surface area contributed by atoms with E-state index >= 15 is 0 Å². The fraction of sp³-hybridized carbons (Fsp3) is 0.767. The Morgan fingerprint density at radius 3 is 1.14 bits per heavy atom. The summed E-state index contributed by atoms with van der Waals surface area (Å²) in [6.07, 6.45) is -0.468. The molecule has 0 aliphatic carbocycles. The molecule has 0 atom stereocenters. The molecule has 14 heteroatoms. The first-order valence-electron chi connectivity index (χ1n) is 15.1. The molecule has 1 rings (SSSR count). The topological polar surface area (TPSA) is 131 Å². The van der Waals surface area contributed by atoms with Crippen LogP contribution in [-0.4, -0.2) is 150 Å². The predicted octanol–water partition coefficient (Wildman–Crippen LogP) is 2.47. The molecule has 0 unspecified atom stereocenters. The van der Waals surface area contributed by atoms with Gasteiger partial charge in [-0.05, 0) is 5.56 Å². The van der Waals surface area contributed by atoms with Gasteiger partial charge in [-0.15, -0.1) is 0 Å². The number of ether oxygens (including phenoxy) is 11. The zero-order valence-corrected chi connectivity index (χ0v) is 27.5. The second-order valence-electron chi connectivity index (χ2n) is 8.80. The van der Waals surface area contributed by atoms with E-state index in [0.29, 0.717) is 139 Å². The average Bonchev–Trinajstić information content (AvgIpc) is 3.04. The number of alkyl carbamates (subject to hydrolysis) is 1. The lowest BCUT2D eigenvalue weighted by Gasteiger charge is -2.09. The van der Waals surface area contributed by atoms with E-state index < -0.39 is 6.09 Å². The van der Waals surface area contributed by atoms with E-state index in [0.717, 1.165) is 10.9 Å². The number of benzene rings is 1. The highest BCUT2D eigenvalue weighted by molar-refractivity contribution is 9.09. The van der Waals surface area contributed by atoms with Gasteiger partial charge in [0.25, 0.3) is 0 Å². The monoisotopic (exact) mass is 697 g/mol. The number of hydrogen-bond donors (Lipinski definition) is 1. The maximum Gasteiger partial charge on any atom is 0.407 e. The van der Waals surface area contributed by atoms with E-state index in [1.807, 2.05) is 30.3 Å². The van der Waals surface area contributed by atoms with E-state index in [-0.39, 0.29) is 6.61 Å². The van der Waals surface area contributed by atoms with Crippen LogP contribution < -0.4 is 5.32 Å². The first kappa shape index (κ1) is 40.6. The molecule has 0 bridgehead atoms. The van der Waals surface area contributed by atoms with Gasteiger partial charge >= 0.3 is 6.09 Å². The van der Waals surface area contributed by atoms with Gasteiger partial charge in [0.1, 0.15) is 6.61 Å². The van der Waals surface area contributed by atoms with Crippen molar-refractivity contribution >= 4 is 22.0 Å². The van der Waals surface area contributed by atoms with Gasteiger partial charge in [0.05, 0.1) is 132 Å². The summed E-state index contributed by atoms with van der Waals surface area (Å²) in [7, 11) is 0. The lowest BCUT2D eigenvalue weighted by atomic mass is 10.2. The zero-order valence-electron chi connectivity index (χ0n) is 25.9. The smallest absolute Gasteiger partial charge is 0.407 e. The standard InChI is InChI=1S/C30H52BrNO12/c31-6-8-34-10-12-36-14-16-38-18-20-40-22-24-42-26-27-43-25-23-41-21-19-39-17-15-37-13-11-35-9-7-32-30(33)44-28-29-4-2-1-3-5-29/h1-5H,6-28H2,(H,32,33). The molecular formula is C30H52BrNO12. The van der Waals surface area contributed by atoms with Crippen LogP contribution in [0.2, 0.25) is 0 Å². The van der Waals surface area contributed by atoms with Crippen molar-refractivity contribution in [2.45, 2.75) is 6.61 Å². The SMILES string of the molecule is O=C(NCCOCCOCCOCCOCCOCCOCCOCCOCCOCCOCCBr)OCc1ccccc1. The molecule has 0 spiro atoms. The summed E-state index contributed by atoms with van der Waals surface area (Å²) in [5.41, 5.74) is 0.939. The van der Waals surface area contributed by atoms with Crippen LogP contribution in [0.5, 0.6) is 0 Å². The molecule has 0 aliphatic rings. The second kappa shape index (κ2) is 34.4. The Labute approximate surface area is 270 Å². The van der Waals surface area contributed by atoms with Crippen molar-refractivity contribution < 1.29 is 56.9 Å². The van der Waals surface area contributed by atoms with E-state index in [2.05, 4.69) is 21.2 Å². The number of amides is 1. The number of hydrogen-bond acceptors (Lipinski definition) is 12.